The molecule has 162 valence electrons. The van der Waals surface area contributed by atoms with Gasteiger partial charge in [-0.3, -0.25) is 0 Å². The van der Waals surface area contributed by atoms with Crippen molar-refractivity contribution in [3.8, 4) is 11.1 Å². The summed E-state index contributed by atoms with van der Waals surface area (Å²) in [6.45, 7) is 2.33. The summed E-state index contributed by atoms with van der Waals surface area (Å²) in [7, 11) is -1.14. The molecule has 0 aliphatic carbocycles. The maximum absolute atomic E-state index is 13.2. The van der Waals surface area contributed by atoms with Crippen molar-refractivity contribution in [1.82, 2.24) is 0 Å². The highest BCUT2D eigenvalue weighted by atomic mass is 28.3. The third-order valence-electron chi connectivity index (χ3n) is 8.11. The van der Waals surface area contributed by atoms with Gasteiger partial charge in [-0.05, 0) is 35.1 Å². The Morgan fingerprint density at radius 2 is 1.27 bits per heavy atom. The zero-order valence-electron chi connectivity index (χ0n) is 18.8. The maximum atomic E-state index is 13.2. The van der Waals surface area contributed by atoms with E-state index < -0.39 is 8.80 Å². The zero-order chi connectivity index (χ0) is 20.8. The molecule has 0 atom stereocenters. The summed E-state index contributed by atoms with van der Waals surface area (Å²) >= 11 is 0. The molecule has 0 spiro atoms. The summed E-state index contributed by atoms with van der Waals surface area (Å²) < 4.78 is 13.2. The van der Waals surface area contributed by atoms with E-state index in [0.29, 0.717) is 0 Å². The molecule has 0 N–H and O–H groups in total. The smallest absolute Gasteiger partial charge is 0.123 e. The molecule has 2 aromatic rings. The van der Waals surface area contributed by atoms with Gasteiger partial charge in [0.05, 0.1) is 8.80 Å². The fraction of sp³-hybridized carbons (Fsp3) is 0.556. The Balaban J connectivity index is 1.24. The average molecular weight is 439 g/mol. The third kappa shape index (κ3) is 5.73. The van der Waals surface area contributed by atoms with Gasteiger partial charge in [-0.1, -0.05) is 124 Å². The minimum absolute atomic E-state index is 0.160. The lowest BCUT2D eigenvalue weighted by Gasteiger charge is -2.37. The van der Waals surface area contributed by atoms with Crippen LogP contribution in [0.25, 0.3) is 11.1 Å². The standard InChI is InChI=1S/C27H39FSi2/c1-2-3-4-17-29-18-13-24(14-19-29)25-15-20-30(21-16-25)27-11-7-23(8-12-27)22-5-9-26(28)10-6-22/h5-12,24-25,29-30H,2-4,13-21H2,1H3/t24?,25-,29?,30-. The normalized spacial score (nSPS) is 27.1. The predicted molar refractivity (Wildman–Crippen MR) is 135 cm³/mol. The number of rotatable bonds is 7. The van der Waals surface area contributed by atoms with E-state index in [4.69, 9.17) is 0 Å². The molecule has 0 bridgehead atoms. The van der Waals surface area contributed by atoms with Crippen LogP contribution >= 0.6 is 0 Å². The Labute approximate surface area is 186 Å². The van der Waals surface area contributed by atoms with Gasteiger partial charge < -0.3 is 0 Å². The van der Waals surface area contributed by atoms with Gasteiger partial charge >= 0.3 is 0 Å². The van der Waals surface area contributed by atoms with Gasteiger partial charge in [-0.2, -0.15) is 0 Å². The minimum atomic E-state index is -0.783. The molecule has 3 heteroatoms. The Hall–Kier alpha value is -1.20. The van der Waals surface area contributed by atoms with Crippen LogP contribution in [0.2, 0.25) is 30.2 Å². The van der Waals surface area contributed by atoms with E-state index in [2.05, 4.69) is 31.2 Å². The van der Waals surface area contributed by atoms with Gasteiger partial charge in [-0.25, -0.2) is 4.39 Å². The van der Waals surface area contributed by atoms with Crippen molar-refractivity contribution < 1.29 is 4.39 Å². The van der Waals surface area contributed by atoms with Gasteiger partial charge in [0, 0.05) is 8.80 Å². The van der Waals surface area contributed by atoms with Crippen LogP contribution in [0.4, 0.5) is 4.39 Å². The van der Waals surface area contributed by atoms with Gasteiger partial charge in [-0.15, -0.1) is 0 Å². The van der Waals surface area contributed by atoms with Crippen LogP contribution in [-0.4, -0.2) is 17.6 Å². The number of benzene rings is 2. The van der Waals surface area contributed by atoms with E-state index in [1.165, 1.54) is 49.8 Å². The Morgan fingerprint density at radius 3 is 1.83 bits per heavy atom. The molecular formula is C27H39FSi2. The van der Waals surface area contributed by atoms with E-state index in [-0.39, 0.29) is 14.6 Å². The molecule has 2 saturated heterocycles. The first kappa shape index (κ1) is 22.0. The molecular weight excluding hydrogens is 399 g/mol. The Bertz CT molecular complexity index is 754. The van der Waals surface area contributed by atoms with Crippen molar-refractivity contribution in [2.24, 2.45) is 11.8 Å². The summed E-state index contributed by atoms with van der Waals surface area (Å²) in [5.74, 6) is 1.94. The molecule has 0 aromatic heterocycles. The second-order valence-electron chi connectivity index (χ2n) is 10.0. The van der Waals surface area contributed by atoms with Crippen LogP contribution in [0.1, 0.15) is 51.9 Å². The van der Waals surface area contributed by atoms with Crippen molar-refractivity contribution in [3.05, 3.63) is 54.3 Å². The van der Waals surface area contributed by atoms with Crippen molar-refractivity contribution in [1.29, 1.82) is 0 Å². The summed E-state index contributed by atoms with van der Waals surface area (Å²) in [5.41, 5.74) is 2.32. The summed E-state index contributed by atoms with van der Waals surface area (Å²) in [6, 6.07) is 24.1. The molecule has 0 radical (unpaired) electrons. The fourth-order valence-corrected chi connectivity index (χ4v) is 13.0. The number of halogens is 1. The number of hydrogen-bond acceptors (Lipinski definition) is 0. The lowest BCUT2D eigenvalue weighted by atomic mass is 9.83. The summed E-state index contributed by atoms with van der Waals surface area (Å²) in [6.07, 6.45) is 10.5. The molecule has 0 amide bonds. The van der Waals surface area contributed by atoms with Crippen LogP contribution in [0, 0.1) is 17.7 Å². The van der Waals surface area contributed by atoms with Crippen molar-refractivity contribution in [3.63, 3.8) is 0 Å². The molecule has 2 fully saturated rings. The van der Waals surface area contributed by atoms with Crippen molar-refractivity contribution >= 4 is 22.8 Å². The van der Waals surface area contributed by atoms with Crippen LogP contribution in [0.3, 0.4) is 0 Å². The number of hydrogen-bond donors (Lipinski definition) is 0. The first-order valence-corrected chi connectivity index (χ1v) is 17.2. The van der Waals surface area contributed by atoms with Crippen molar-refractivity contribution in [2.75, 3.05) is 0 Å². The molecule has 0 saturated carbocycles. The first-order valence-electron chi connectivity index (χ1n) is 12.6. The van der Waals surface area contributed by atoms with E-state index >= 15 is 0 Å². The second kappa shape index (κ2) is 10.9. The molecule has 2 aliphatic heterocycles. The lowest BCUT2D eigenvalue weighted by Crippen LogP contribution is -2.36. The second-order valence-corrected chi connectivity index (χ2v) is 16.7. The van der Waals surface area contributed by atoms with E-state index in [0.717, 1.165) is 17.4 Å². The molecule has 0 unspecified atom stereocenters. The Morgan fingerprint density at radius 1 is 0.733 bits per heavy atom. The SMILES string of the molecule is CCCCC[SiH]1CCC([C@H]2CC[Si@H](c3ccc(-c4ccc(F)cc4)cc3)CC2)CC1. The van der Waals surface area contributed by atoms with Gasteiger partial charge in [0.1, 0.15) is 5.82 Å². The molecule has 30 heavy (non-hydrogen) atoms. The minimum Gasteiger partial charge on any atom is -0.207 e. The van der Waals surface area contributed by atoms with Gasteiger partial charge in [0.2, 0.25) is 0 Å². The molecule has 0 nitrogen and oxygen atoms in total. The van der Waals surface area contributed by atoms with Gasteiger partial charge in [0.15, 0.2) is 0 Å². The topological polar surface area (TPSA) is 0 Å². The first-order chi connectivity index (χ1) is 14.7. The molecule has 2 aromatic carbocycles. The molecule has 2 heterocycles. The third-order valence-corrected chi connectivity index (χ3v) is 15.0. The van der Waals surface area contributed by atoms with Gasteiger partial charge in [0.25, 0.3) is 0 Å². The van der Waals surface area contributed by atoms with E-state index in [1.807, 2.05) is 12.1 Å². The van der Waals surface area contributed by atoms with Crippen LogP contribution in [0.5, 0.6) is 0 Å². The highest BCUT2D eigenvalue weighted by Crippen LogP contribution is 2.40. The van der Waals surface area contributed by atoms with Crippen LogP contribution < -0.4 is 5.19 Å². The van der Waals surface area contributed by atoms with Crippen molar-refractivity contribution in [2.45, 2.75) is 82.1 Å². The van der Waals surface area contributed by atoms with Crippen LogP contribution in [-0.2, 0) is 0 Å². The van der Waals surface area contributed by atoms with E-state index in [1.54, 1.807) is 48.3 Å². The Kier molecular flexibility index (Phi) is 8.00. The lowest BCUT2D eigenvalue weighted by molar-refractivity contribution is 0.278. The fourth-order valence-electron chi connectivity index (χ4n) is 6.15. The summed E-state index contributed by atoms with van der Waals surface area (Å²) in [5, 5.41) is 1.64. The predicted octanol–water partition coefficient (Wildman–Crippen LogP) is 7.16. The van der Waals surface area contributed by atoms with Crippen LogP contribution in [0.15, 0.2) is 48.5 Å². The number of unbranched alkanes of at least 4 members (excludes halogenated alkanes) is 2. The molecule has 4 rings (SSSR count). The average Bonchev–Trinajstić information content (AvgIpc) is 2.81. The summed E-state index contributed by atoms with van der Waals surface area (Å²) in [4.78, 5) is 0. The highest BCUT2D eigenvalue weighted by molar-refractivity contribution is 6.73. The quantitative estimate of drug-likeness (QED) is 0.318. The monoisotopic (exact) mass is 438 g/mol. The highest BCUT2D eigenvalue weighted by Gasteiger charge is 2.31. The zero-order valence-corrected chi connectivity index (χ0v) is 21.1. The largest absolute Gasteiger partial charge is 0.207 e. The maximum Gasteiger partial charge on any atom is 0.123 e. The molecule has 2 aliphatic rings. The van der Waals surface area contributed by atoms with E-state index in [9.17, 15) is 4.39 Å².